The van der Waals surface area contributed by atoms with Gasteiger partial charge in [-0.05, 0) is 54.2 Å². The van der Waals surface area contributed by atoms with E-state index < -0.39 is 0 Å². The first-order chi connectivity index (χ1) is 11.4. The summed E-state index contributed by atoms with van der Waals surface area (Å²) >= 11 is 0. The molecule has 1 aromatic heterocycles. The minimum absolute atomic E-state index is 0.306. The number of hydrogen-bond donors (Lipinski definition) is 0. The van der Waals surface area contributed by atoms with Gasteiger partial charge in [-0.1, -0.05) is 24.3 Å². The number of aromatic nitrogens is 1. The van der Waals surface area contributed by atoms with Crippen LogP contribution in [0.4, 0.5) is 0 Å². The average molecular weight is 303 g/mol. The van der Waals surface area contributed by atoms with Crippen LogP contribution in [0.5, 0.6) is 11.5 Å². The molecular weight excluding hydrogens is 286 g/mol. The van der Waals surface area contributed by atoms with E-state index in [0.717, 1.165) is 23.1 Å². The van der Waals surface area contributed by atoms with Gasteiger partial charge in [-0.3, -0.25) is 0 Å². The second-order valence-electron chi connectivity index (χ2n) is 6.20. The normalized spacial score (nSPS) is 15.8. The highest BCUT2D eigenvalue weighted by atomic mass is 16.7. The van der Waals surface area contributed by atoms with Gasteiger partial charge in [0, 0.05) is 18.0 Å². The van der Waals surface area contributed by atoms with Crippen molar-refractivity contribution < 1.29 is 9.47 Å². The predicted octanol–water partition coefficient (Wildman–Crippen LogP) is 4.75. The van der Waals surface area contributed by atoms with Crippen molar-refractivity contribution in [1.82, 2.24) is 4.57 Å². The summed E-state index contributed by atoms with van der Waals surface area (Å²) in [6.07, 6.45) is 4.77. The molecule has 23 heavy (non-hydrogen) atoms. The average Bonchev–Trinajstić information content (AvgIpc) is 3.14. The van der Waals surface area contributed by atoms with Gasteiger partial charge in [0.25, 0.3) is 0 Å². The highest BCUT2D eigenvalue weighted by Gasteiger charge is 2.23. The summed E-state index contributed by atoms with van der Waals surface area (Å²) in [6, 6.07) is 19.3. The second kappa shape index (κ2) is 4.92. The van der Waals surface area contributed by atoms with Gasteiger partial charge >= 0.3 is 0 Å². The molecule has 1 aliphatic carbocycles. The SMILES string of the molecule is c1cc(-c2ccc(C3CC3)cc2)n(-c2ccc3c(c2)OCO3)c1. The molecule has 1 saturated carbocycles. The van der Waals surface area contributed by atoms with Crippen molar-refractivity contribution in [1.29, 1.82) is 0 Å². The van der Waals surface area contributed by atoms with Crippen LogP contribution < -0.4 is 9.47 Å². The van der Waals surface area contributed by atoms with E-state index in [1.54, 1.807) is 0 Å². The van der Waals surface area contributed by atoms with E-state index in [-0.39, 0.29) is 0 Å². The zero-order valence-electron chi connectivity index (χ0n) is 12.7. The predicted molar refractivity (Wildman–Crippen MR) is 89.3 cm³/mol. The zero-order valence-corrected chi connectivity index (χ0v) is 12.7. The van der Waals surface area contributed by atoms with Gasteiger partial charge in [0.05, 0.1) is 5.69 Å². The lowest BCUT2D eigenvalue weighted by Gasteiger charge is -2.11. The Hall–Kier alpha value is -2.68. The van der Waals surface area contributed by atoms with Crippen LogP contribution in [0.15, 0.2) is 60.8 Å². The Morgan fingerprint density at radius 1 is 0.870 bits per heavy atom. The van der Waals surface area contributed by atoms with E-state index >= 15 is 0 Å². The molecule has 2 heterocycles. The van der Waals surface area contributed by atoms with Crippen molar-refractivity contribution in [2.75, 3.05) is 6.79 Å². The molecule has 3 nitrogen and oxygen atoms in total. The van der Waals surface area contributed by atoms with Crippen LogP contribution >= 0.6 is 0 Å². The smallest absolute Gasteiger partial charge is 0.231 e. The summed E-state index contributed by atoms with van der Waals surface area (Å²) in [6.45, 7) is 0.306. The largest absolute Gasteiger partial charge is 0.454 e. The third-order valence-electron chi connectivity index (χ3n) is 4.64. The highest BCUT2D eigenvalue weighted by Crippen LogP contribution is 2.40. The molecule has 0 spiro atoms. The molecule has 5 rings (SSSR count). The zero-order chi connectivity index (χ0) is 15.2. The Morgan fingerprint density at radius 2 is 1.70 bits per heavy atom. The summed E-state index contributed by atoms with van der Waals surface area (Å²) in [5.41, 5.74) is 4.97. The van der Waals surface area contributed by atoms with Crippen molar-refractivity contribution in [3.8, 4) is 28.4 Å². The Labute approximate surface area is 135 Å². The van der Waals surface area contributed by atoms with Crippen LogP contribution in [-0.2, 0) is 0 Å². The maximum Gasteiger partial charge on any atom is 0.231 e. The molecule has 114 valence electrons. The van der Waals surface area contributed by atoms with Crippen LogP contribution in [0.2, 0.25) is 0 Å². The van der Waals surface area contributed by atoms with E-state index in [9.17, 15) is 0 Å². The molecule has 0 atom stereocenters. The Morgan fingerprint density at radius 3 is 2.52 bits per heavy atom. The minimum atomic E-state index is 0.306. The standard InChI is InChI=1S/C20H17NO2/c1-2-18(16-7-5-15(6-8-16)14-3-4-14)21(11-1)17-9-10-19-20(12-17)23-13-22-19/h1-2,5-12,14H,3-4,13H2. The first-order valence-corrected chi connectivity index (χ1v) is 8.06. The number of hydrogen-bond acceptors (Lipinski definition) is 2. The minimum Gasteiger partial charge on any atom is -0.454 e. The molecule has 2 aliphatic rings. The third-order valence-corrected chi connectivity index (χ3v) is 4.64. The van der Waals surface area contributed by atoms with Crippen molar-refractivity contribution in [2.24, 2.45) is 0 Å². The molecule has 1 aliphatic heterocycles. The van der Waals surface area contributed by atoms with Gasteiger partial charge in [-0.15, -0.1) is 0 Å². The molecule has 0 N–H and O–H groups in total. The molecule has 2 aromatic carbocycles. The lowest BCUT2D eigenvalue weighted by molar-refractivity contribution is 0.174. The van der Waals surface area contributed by atoms with Crippen molar-refractivity contribution in [3.05, 3.63) is 66.4 Å². The van der Waals surface area contributed by atoms with E-state index in [1.165, 1.54) is 29.7 Å². The van der Waals surface area contributed by atoms with Crippen LogP contribution in [0.1, 0.15) is 24.3 Å². The van der Waals surface area contributed by atoms with Gasteiger partial charge in [0.15, 0.2) is 11.5 Å². The van der Waals surface area contributed by atoms with Gasteiger partial charge in [-0.25, -0.2) is 0 Å². The topological polar surface area (TPSA) is 23.4 Å². The summed E-state index contributed by atoms with van der Waals surface area (Å²) in [5.74, 6) is 2.42. The molecular formula is C20H17NO2. The molecule has 0 bridgehead atoms. The second-order valence-corrected chi connectivity index (χ2v) is 6.20. The van der Waals surface area contributed by atoms with Crippen LogP contribution in [-0.4, -0.2) is 11.4 Å². The third kappa shape index (κ3) is 2.20. The first kappa shape index (κ1) is 12.8. The van der Waals surface area contributed by atoms with Crippen molar-refractivity contribution in [3.63, 3.8) is 0 Å². The fourth-order valence-electron chi connectivity index (χ4n) is 3.22. The van der Waals surface area contributed by atoms with Gasteiger partial charge in [-0.2, -0.15) is 0 Å². The van der Waals surface area contributed by atoms with Crippen LogP contribution in [0, 0.1) is 0 Å². The van der Waals surface area contributed by atoms with Crippen LogP contribution in [0.25, 0.3) is 16.9 Å². The van der Waals surface area contributed by atoms with Crippen molar-refractivity contribution >= 4 is 0 Å². The number of benzene rings is 2. The molecule has 0 unspecified atom stereocenters. The molecule has 0 saturated heterocycles. The fraction of sp³-hybridized carbons (Fsp3) is 0.200. The first-order valence-electron chi connectivity index (χ1n) is 8.06. The number of nitrogens with zero attached hydrogens (tertiary/aromatic N) is 1. The van der Waals surface area contributed by atoms with Gasteiger partial charge < -0.3 is 14.0 Å². The summed E-state index contributed by atoms with van der Waals surface area (Å²) in [4.78, 5) is 0. The number of rotatable bonds is 3. The van der Waals surface area contributed by atoms with E-state index in [1.807, 2.05) is 12.1 Å². The summed E-state index contributed by atoms with van der Waals surface area (Å²) in [7, 11) is 0. The number of fused-ring (bicyclic) bond motifs is 1. The fourth-order valence-corrected chi connectivity index (χ4v) is 3.22. The Kier molecular flexibility index (Phi) is 2.74. The number of ether oxygens (including phenoxy) is 2. The lowest BCUT2D eigenvalue weighted by atomic mass is 10.1. The molecule has 1 fully saturated rings. The maximum absolute atomic E-state index is 5.50. The van der Waals surface area contributed by atoms with Crippen LogP contribution in [0.3, 0.4) is 0 Å². The molecule has 0 radical (unpaired) electrons. The van der Waals surface area contributed by atoms with Crippen molar-refractivity contribution in [2.45, 2.75) is 18.8 Å². The maximum atomic E-state index is 5.50. The van der Waals surface area contributed by atoms with E-state index in [2.05, 4.69) is 53.2 Å². The van der Waals surface area contributed by atoms with E-state index in [0.29, 0.717) is 6.79 Å². The van der Waals surface area contributed by atoms with E-state index in [4.69, 9.17) is 9.47 Å². The monoisotopic (exact) mass is 303 g/mol. The van der Waals surface area contributed by atoms with Gasteiger partial charge in [0.2, 0.25) is 6.79 Å². The highest BCUT2D eigenvalue weighted by molar-refractivity contribution is 5.64. The Bertz CT molecular complexity index is 860. The quantitative estimate of drug-likeness (QED) is 0.697. The molecule has 3 aromatic rings. The lowest BCUT2D eigenvalue weighted by Crippen LogP contribution is -1.95. The molecule has 3 heteroatoms. The Balaban J connectivity index is 1.54. The van der Waals surface area contributed by atoms with Gasteiger partial charge in [0.1, 0.15) is 0 Å². The summed E-state index contributed by atoms with van der Waals surface area (Å²) < 4.78 is 13.1. The summed E-state index contributed by atoms with van der Waals surface area (Å²) in [5, 5.41) is 0. The molecule has 0 amide bonds.